The Kier molecular flexibility index (Phi) is 4.94. The first kappa shape index (κ1) is 18.0. The van der Waals surface area contributed by atoms with Crippen LogP contribution in [0, 0.1) is 6.92 Å². The predicted molar refractivity (Wildman–Crippen MR) is 112 cm³/mol. The summed E-state index contributed by atoms with van der Waals surface area (Å²) in [5, 5.41) is 2.92. The van der Waals surface area contributed by atoms with Gasteiger partial charge in [-0.25, -0.2) is 0 Å². The fourth-order valence-corrected chi connectivity index (χ4v) is 3.60. The lowest BCUT2D eigenvalue weighted by Gasteiger charge is -2.29. The van der Waals surface area contributed by atoms with Gasteiger partial charge in [0, 0.05) is 29.0 Å². The number of carbonyl (C=O) groups is 2. The number of carbonyl (C=O) groups excluding carboxylic acids is 2. The lowest BCUT2D eigenvalue weighted by Crippen LogP contribution is -2.35. The topological polar surface area (TPSA) is 49.4 Å². The van der Waals surface area contributed by atoms with Crippen LogP contribution < -0.4 is 10.2 Å². The largest absolute Gasteiger partial charge is 0.322 e. The van der Waals surface area contributed by atoms with Gasteiger partial charge in [0.05, 0.1) is 0 Å². The number of nitrogens with one attached hydrogen (secondary N) is 1. The van der Waals surface area contributed by atoms with Gasteiger partial charge in [-0.3, -0.25) is 9.59 Å². The number of aryl methyl sites for hydroxylation is 2. The standard InChI is InChI=1S/C24H22N2O2/c1-17-8-2-4-13-21(17)25-23(27)19-10-6-11-20(16-19)24(28)26-15-7-12-18-9-3-5-14-22(18)26/h2-6,8-11,13-14,16H,7,12,15H2,1H3,(H,25,27). The molecule has 0 bridgehead atoms. The van der Waals surface area contributed by atoms with Crippen molar-refractivity contribution in [3.05, 3.63) is 95.1 Å². The summed E-state index contributed by atoms with van der Waals surface area (Å²) in [7, 11) is 0. The average Bonchev–Trinajstić information content (AvgIpc) is 2.74. The van der Waals surface area contributed by atoms with Crippen molar-refractivity contribution >= 4 is 23.2 Å². The number of para-hydroxylation sites is 2. The normalized spacial score (nSPS) is 13.0. The minimum atomic E-state index is -0.219. The fourth-order valence-electron chi connectivity index (χ4n) is 3.60. The third-order valence-corrected chi connectivity index (χ3v) is 5.12. The molecule has 0 fully saturated rings. The van der Waals surface area contributed by atoms with Gasteiger partial charge in [-0.05, 0) is 61.2 Å². The summed E-state index contributed by atoms with van der Waals surface area (Å²) >= 11 is 0. The Balaban J connectivity index is 1.58. The molecule has 0 aliphatic carbocycles. The number of rotatable bonds is 3. The van der Waals surface area contributed by atoms with Gasteiger partial charge in [0.2, 0.25) is 0 Å². The Bertz CT molecular complexity index is 1040. The number of fused-ring (bicyclic) bond motifs is 1. The number of hydrogen-bond acceptors (Lipinski definition) is 2. The summed E-state index contributed by atoms with van der Waals surface area (Å²) in [5.41, 5.74) is 4.92. The van der Waals surface area contributed by atoms with E-state index in [1.165, 1.54) is 5.56 Å². The molecule has 1 N–H and O–H groups in total. The summed E-state index contributed by atoms with van der Waals surface area (Å²) in [5.74, 6) is -0.291. The molecule has 3 aromatic carbocycles. The van der Waals surface area contributed by atoms with Crippen LogP contribution in [0.5, 0.6) is 0 Å². The highest BCUT2D eigenvalue weighted by Crippen LogP contribution is 2.28. The van der Waals surface area contributed by atoms with Crippen LogP contribution in [-0.2, 0) is 6.42 Å². The fraction of sp³-hybridized carbons (Fsp3) is 0.167. The zero-order valence-corrected chi connectivity index (χ0v) is 15.8. The van der Waals surface area contributed by atoms with Crippen molar-refractivity contribution in [1.29, 1.82) is 0 Å². The molecule has 0 saturated heterocycles. The first-order chi connectivity index (χ1) is 13.6. The molecule has 3 aromatic rings. The van der Waals surface area contributed by atoms with Crippen LogP contribution in [-0.4, -0.2) is 18.4 Å². The van der Waals surface area contributed by atoms with Crippen LogP contribution in [0.15, 0.2) is 72.8 Å². The van der Waals surface area contributed by atoms with E-state index in [-0.39, 0.29) is 11.8 Å². The van der Waals surface area contributed by atoms with Crippen LogP contribution in [0.2, 0.25) is 0 Å². The van der Waals surface area contributed by atoms with Gasteiger partial charge in [-0.2, -0.15) is 0 Å². The molecule has 4 nitrogen and oxygen atoms in total. The first-order valence-corrected chi connectivity index (χ1v) is 9.50. The van der Waals surface area contributed by atoms with Crippen molar-refractivity contribution in [2.75, 3.05) is 16.8 Å². The predicted octanol–water partition coefficient (Wildman–Crippen LogP) is 4.84. The van der Waals surface area contributed by atoms with Gasteiger partial charge in [0.1, 0.15) is 0 Å². The van der Waals surface area contributed by atoms with Gasteiger partial charge in [0.15, 0.2) is 0 Å². The van der Waals surface area contributed by atoms with Gasteiger partial charge >= 0.3 is 0 Å². The highest BCUT2D eigenvalue weighted by molar-refractivity contribution is 6.10. The van der Waals surface area contributed by atoms with Crippen LogP contribution in [0.3, 0.4) is 0 Å². The van der Waals surface area contributed by atoms with Crippen molar-refractivity contribution in [2.24, 2.45) is 0 Å². The molecule has 0 saturated carbocycles. The second kappa shape index (κ2) is 7.69. The lowest BCUT2D eigenvalue weighted by atomic mass is 10.0. The lowest BCUT2D eigenvalue weighted by molar-refractivity contribution is 0.0985. The van der Waals surface area contributed by atoms with Crippen molar-refractivity contribution in [3.8, 4) is 0 Å². The highest BCUT2D eigenvalue weighted by atomic mass is 16.2. The number of amides is 2. The maximum atomic E-state index is 13.1. The summed E-state index contributed by atoms with van der Waals surface area (Å²) in [6.45, 7) is 2.64. The zero-order chi connectivity index (χ0) is 19.5. The number of hydrogen-bond donors (Lipinski definition) is 1. The second-order valence-corrected chi connectivity index (χ2v) is 7.04. The minimum absolute atomic E-state index is 0.0716. The Morgan fingerprint density at radius 1 is 0.893 bits per heavy atom. The van der Waals surface area contributed by atoms with Crippen molar-refractivity contribution < 1.29 is 9.59 Å². The maximum Gasteiger partial charge on any atom is 0.258 e. The smallest absolute Gasteiger partial charge is 0.258 e. The Hall–Kier alpha value is -3.40. The van der Waals surface area contributed by atoms with Crippen LogP contribution >= 0.6 is 0 Å². The van der Waals surface area contributed by atoms with Gasteiger partial charge in [0.25, 0.3) is 11.8 Å². The van der Waals surface area contributed by atoms with Crippen LogP contribution in [0.25, 0.3) is 0 Å². The number of nitrogens with zero attached hydrogens (tertiary/aromatic N) is 1. The van der Waals surface area contributed by atoms with E-state index >= 15 is 0 Å². The summed E-state index contributed by atoms with van der Waals surface area (Å²) in [6, 6.07) is 22.6. The van der Waals surface area contributed by atoms with Crippen molar-refractivity contribution in [2.45, 2.75) is 19.8 Å². The molecule has 4 heteroatoms. The SMILES string of the molecule is Cc1ccccc1NC(=O)c1cccc(C(=O)N2CCCc3ccccc32)c1. The van der Waals surface area contributed by atoms with E-state index < -0.39 is 0 Å². The van der Waals surface area contributed by atoms with Crippen LogP contribution in [0.4, 0.5) is 11.4 Å². The van der Waals surface area contributed by atoms with Gasteiger partial charge < -0.3 is 10.2 Å². The zero-order valence-electron chi connectivity index (χ0n) is 15.8. The molecular formula is C24H22N2O2. The third kappa shape index (κ3) is 3.54. The molecule has 2 amide bonds. The Labute approximate surface area is 164 Å². The summed E-state index contributed by atoms with van der Waals surface area (Å²) < 4.78 is 0. The molecule has 0 radical (unpaired) electrons. The molecule has 0 atom stereocenters. The van der Waals surface area contributed by atoms with E-state index in [0.29, 0.717) is 17.7 Å². The number of benzene rings is 3. The molecular weight excluding hydrogens is 348 g/mol. The van der Waals surface area contributed by atoms with Crippen molar-refractivity contribution in [3.63, 3.8) is 0 Å². The maximum absolute atomic E-state index is 13.1. The minimum Gasteiger partial charge on any atom is -0.322 e. The molecule has 1 heterocycles. The van der Waals surface area contributed by atoms with Crippen molar-refractivity contribution in [1.82, 2.24) is 0 Å². The van der Waals surface area contributed by atoms with Gasteiger partial charge in [-0.1, -0.05) is 42.5 Å². The summed E-state index contributed by atoms with van der Waals surface area (Å²) in [6.07, 6.45) is 1.93. The van der Waals surface area contributed by atoms with E-state index in [1.807, 2.05) is 54.3 Å². The Morgan fingerprint density at radius 3 is 2.50 bits per heavy atom. The van der Waals surface area contributed by atoms with E-state index in [1.54, 1.807) is 24.3 Å². The molecule has 4 rings (SSSR count). The Morgan fingerprint density at radius 2 is 1.64 bits per heavy atom. The highest BCUT2D eigenvalue weighted by Gasteiger charge is 2.23. The summed E-state index contributed by atoms with van der Waals surface area (Å²) in [4.78, 5) is 27.6. The molecule has 1 aliphatic rings. The molecule has 1 aliphatic heterocycles. The average molecular weight is 370 g/mol. The van der Waals surface area contributed by atoms with Gasteiger partial charge in [-0.15, -0.1) is 0 Å². The van der Waals surface area contributed by atoms with E-state index in [0.717, 1.165) is 29.8 Å². The van der Waals surface area contributed by atoms with E-state index in [2.05, 4.69) is 11.4 Å². The second-order valence-electron chi connectivity index (χ2n) is 7.04. The van der Waals surface area contributed by atoms with Crippen LogP contribution in [0.1, 0.15) is 38.3 Å². The third-order valence-electron chi connectivity index (χ3n) is 5.12. The monoisotopic (exact) mass is 370 g/mol. The molecule has 0 unspecified atom stereocenters. The first-order valence-electron chi connectivity index (χ1n) is 9.50. The molecule has 28 heavy (non-hydrogen) atoms. The molecule has 140 valence electrons. The van der Waals surface area contributed by atoms with E-state index in [4.69, 9.17) is 0 Å². The molecule has 0 spiro atoms. The van der Waals surface area contributed by atoms with E-state index in [9.17, 15) is 9.59 Å². The molecule has 0 aromatic heterocycles. The number of anilines is 2. The quantitative estimate of drug-likeness (QED) is 0.717.